The molecular weight excluding hydrogens is 1310 g/mol. The fourth-order valence-electron chi connectivity index (χ4n) is 12.7. The Balaban J connectivity index is 0.000000134. The van der Waals surface area contributed by atoms with Crippen LogP contribution in [0.4, 0.5) is 54.1 Å². The van der Waals surface area contributed by atoms with Gasteiger partial charge in [0.05, 0.1) is 73.1 Å². The second-order valence-corrected chi connectivity index (χ2v) is 25.6. The quantitative estimate of drug-likeness (QED) is 0.0440. The van der Waals surface area contributed by atoms with Gasteiger partial charge in [-0.15, -0.1) is 0 Å². The Bertz CT molecular complexity index is 5030. The molecule has 0 aliphatic carbocycles. The van der Waals surface area contributed by atoms with Gasteiger partial charge in [-0.1, -0.05) is 71.2 Å². The van der Waals surface area contributed by atoms with E-state index in [1.165, 1.54) is 21.6 Å². The van der Waals surface area contributed by atoms with Gasteiger partial charge in [-0.3, -0.25) is 13.7 Å². The molecule has 3 aliphatic rings. The van der Waals surface area contributed by atoms with E-state index in [4.69, 9.17) is 28.2 Å². The van der Waals surface area contributed by atoms with E-state index in [9.17, 15) is 29.0 Å². The van der Waals surface area contributed by atoms with Gasteiger partial charge in [0.25, 0.3) is 0 Å². The second-order valence-electron chi connectivity index (χ2n) is 24.7. The van der Waals surface area contributed by atoms with Crippen molar-refractivity contribution in [2.24, 2.45) is 21.1 Å². The van der Waals surface area contributed by atoms with Gasteiger partial charge in [-0.05, 0) is 141 Å². The van der Waals surface area contributed by atoms with E-state index in [1.807, 2.05) is 202 Å². The number of aryl methyl sites for hydroxylation is 6. The third kappa shape index (κ3) is 13.8. The van der Waals surface area contributed by atoms with Crippen LogP contribution >= 0.6 is 23.2 Å². The van der Waals surface area contributed by atoms with E-state index in [1.54, 1.807) is 51.1 Å². The Morgan fingerprint density at radius 1 is 0.510 bits per heavy atom. The molecule has 6 N–H and O–H groups in total. The molecule has 510 valence electrons. The molecule has 100 heavy (non-hydrogen) atoms. The van der Waals surface area contributed by atoms with Crippen molar-refractivity contribution >= 4 is 76.6 Å². The van der Waals surface area contributed by atoms with Crippen LogP contribution in [-0.4, -0.2) is 127 Å². The minimum Gasteiger partial charge on any atom is -0.394 e. The molecule has 0 radical (unpaired) electrons. The van der Waals surface area contributed by atoms with Gasteiger partial charge in [-0.2, -0.15) is 0 Å². The topological polar surface area (TPSA) is 256 Å². The number of benzene rings is 3. The maximum Gasteiger partial charge on any atom is 0.329 e. The van der Waals surface area contributed by atoms with E-state index < -0.39 is 11.9 Å². The molecule has 0 unspecified atom stereocenters. The number of fused-ring (bicyclic) bond motifs is 3. The predicted molar refractivity (Wildman–Crippen MR) is 381 cm³/mol. The minimum atomic E-state index is -0.690. The molecular formula is C73H72Cl2FN19O5. The van der Waals surface area contributed by atoms with Crippen LogP contribution in [0.5, 0.6) is 0 Å². The van der Waals surface area contributed by atoms with Crippen molar-refractivity contribution in [1.29, 1.82) is 0 Å². The summed E-state index contributed by atoms with van der Waals surface area (Å²) < 4.78 is 24.7. The first-order valence-electron chi connectivity index (χ1n) is 32.2. The van der Waals surface area contributed by atoms with Crippen LogP contribution in [0.25, 0.3) is 33.8 Å². The number of rotatable bonds is 19. The molecule has 9 aromatic heterocycles. The van der Waals surface area contributed by atoms with Crippen molar-refractivity contribution in [3.63, 3.8) is 0 Å². The number of hydrogen-bond donors (Lipinski definition) is 6. The Hall–Kier alpha value is -11.2. The lowest BCUT2D eigenvalue weighted by atomic mass is 10.0. The molecule has 0 spiro atoms. The van der Waals surface area contributed by atoms with Gasteiger partial charge in [0.2, 0.25) is 17.8 Å². The van der Waals surface area contributed by atoms with Crippen LogP contribution in [0.2, 0.25) is 10.0 Å². The average molecular weight is 1390 g/mol. The largest absolute Gasteiger partial charge is 0.394 e. The number of amides is 3. The number of aliphatic hydroxyl groups excluding tert-OH is 2. The monoisotopic (exact) mass is 1380 g/mol. The van der Waals surface area contributed by atoms with Crippen molar-refractivity contribution < 1.29 is 29.0 Å². The molecule has 0 fully saturated rings. The molecule has 15 rings (SSSR count). The van der Waals surface area contributed by atoms with Crippen LogP contribution in [-0.2, 0) is 40.8 Å². The van der Waals surface area contributed by atoms with Gasteiger partial charge in [-0.25, -0.2) is 48.7 Å². The molecule has 0 bridgehead atoms. The molecule has 12 aromatic rings. The second kappa shape index (κ2) is 28.7. The summed E-state index contributed by atoms with van der Waals surface area (Å²) in [6.07, 6.45) is 16.5. The van der Waals surface area contributed by atoms with E-state index >= 15 is 0 Å². The maximum absolute atomic E-state index is 14.0. The van der Waals surface area contributed by atoms with E-state index in [0.717, 1.165) is 90.4 Å². The van der Waals surface area contributed by atoms with Crippen LogP contribution in [0.1, 0.15) is 68.6 Å². The maximum atomic E-state index is 14.0. The first kappa shape index (κ1) is 67.4. The number of hydrogen-bond acceptors (Lipinski definition) is 15. The fraction of sp³-hybridized carbons (Fsp3) is 0.219. The van der Waals surface area contributed by atoms with Crippen molar-refractivity contribution in [1.82, 2.24) is 77.3 Å². The molecule has 3 aromatic carbocycles. The summed E-state index contributed by atoms with van der Waals surface area (Å²) in [7, 11) is 7.71. The summed E-state index contributed by atoms with van der Waals surface area (Å²) in [6.45, 7) is 7.25. The highest BCUT2D eigenvalue weighted by Crippen LogP contribution is 2.38. The number of aliphatic hydroxyl groups is 2. The third-order valence-electron chi connectivity index (χ3n) is 17.9. The molecule has 3 atom stereocenters. The van der Waals surface area contributed by atoms with Crippen molar-refractivity contribution in [2.75, 3.05) is 42.8 Å². The molecule has 3 aliphatic heterocycles. The number of halogens is 3. The highest BCUT2D eigenvalue weighted by Gasteiger charge is 2.37. The SMILES string of the molecule is CNC[C@H](c1cccc(Cl)c1)N1Cc2cc(-c3nc(Nc4cccn4C)ncc3C)cn2C1=O.Cc1cccc([C@@H](CO)N2Cc3cc(-c4ccnc(Nc5cccn5C)n4)cn3C2=O)c1.Cc1cnc(Nc2cccn2C)nc1-c1cc2n(c1)C(=O)N([C@H](CO)c1ccc(Cl)c(F)c1)C2. The fourth-order valence-corrected chi connectivity index (χ4v) is 13.0. The standard InChI is InChI=1S/C25H26ClN7O.C24H22ClFN6O2.C24H24N6O2/c1-16-12-28-24(29-22-8-5-9-31(22)3)30-23(16)18-11-20-15-33(25(34)32(20)14-18)21(13-27-2)17-6-4-7-19(26)10-17;1-14-10-27-23(28-21-4-3-7-30(21)2)29-22(14)16-8-17-12-32(24(34)31(17)11-16)20(13-33)15-5-6-18(25)19(26)9-15;1-16-5-3-6-17(11-16)21(15-31)30-14-19-12-18(13-29(19)24(30)32)20-8-9-25-23(26-20)27-22-7-4-10-28(22)2/h4-12,14,21,27H,13,15H2,1-3H3,(H,28,29,30);3-11,20,33H,12-13H2,1-2H3,(H,27,28,29);3-13,21,31H,14-15H2,1-2H3,(H,25,26,27)/t21-;20-;21-/m111/s1. The average Bonchev–Trinajstić information content (AvgIpc) is 1.63. The van der Waals surface area contributed by atoms with Crippen LogP contribution < -0.4 is 21.3 Å². The highest BCUT2D eigenvalue weighted by atomic mass is 35.5. The Morgan fingerprint density at radius 2 is 0.960 bits per heavy atom. The summed E-state index contributed by atoms with van der Waals surface area (Å²) in [5.41, 5.74) is 12.6. The van der Waals surface area contributed by atoms with Crippen molar-refractivity contribution in [2.45, 2.75) is 58.5 Å². The lowest BCUT2D eigenvalue weighted by molar-refractivity contribution is 0.141. The molecule has 24 nitrogen and oxygen atoms in total. The molecule has 12 heterocycles. The zero-order chi connectivity index (χ0) is 70.0. The number of carbonyl (C=O) groups excluding carboxylic acids is 3. The first-order chi connectivity index (χ1) is 48.3. The zero-order valence-corrected chi connectivity index (χ0v) is 57.3. The first-order valence-corrected chi connectivity index (χ1v) is 33.0. The number of likely N-dealkylation sites (N-methyl/N-ethyl adjacent to an activating group) is 1. The highest BCUT2D eigenvalue weighted by molar-refractivity contribution is 6.31. The number of aromatic nitrogens is 12. The summed E-state index contributed by atoms with van der Waals surface area (Å²) in [6, 6.07) is 37.6. The molecule has 0 saturated carbocycles. The van der Waals surface area contributed by atoms with Crippen LogP contribution in [0.15, 0.2) is 183 Å². The Morgan fingerprint density at radius 3 is 1.40 bits per heavy atom. The van der Waals surface area contributed by atoms with Crippen LogP contribution in [0, 0.1) is 26.6 Å². The minimum absolute atomic E-state index is 0.00898. The molecule has 27 heteroatoms. The summed E-state index contributed by atoms with van der Waals surface area (Å²) in [5.74, 6) is 3.50. The predicted octanol–water partition coefficient (Wildman–Crippen LogP) is 13.2. The van der Waals surface area contributed by atoms with Gasteiger partial charge in [0.15, 0.2) is 0 Å². The smallest absolute Gasteiger partial charge is 0.329 e. The van der Waals surface area contributed by atoms with E-state index in [0.29, 0.717) is 53.8 Å². The van der Waals surface area contributed by atoms with Gasteiger partial charge < -0.3 is 59.9 Å². The number of anilines is 6. The summed E-state index contributed by atoms with van der Waals surface area (Å²) in [4.78, 5) is 71.9. The van der Waals surface area contributed by atoms with Gasteiger partial charge >= 0.3 is 18.1 Å². The molecule has 0 saturated heterocycles. The zero-order valence-electron chi connectivity index (χ0n) is 55.8. The number of nitrogens with zero attached hydrogens (tertiary/aromatic N) is 15. The number of nitrogens with one attached hydrogen (secondary N) is 4. The lowest BCUT2D eigenvalue weighted by Crippen LogP contribution is -2.36. The van der Waals surface area contributed by atoms with Gasteiger partial charge in [0, 0.05) is 122 Å². The van der Waals surface area contributed by atoms with Gasteiger partial charge in [0.1, 0.15) is 23.3 Å². The Labute approximate surface area is 585 Å². The summed E-state index contributed by atoms with van der Waals surface area (Å²) >= 11 is 12.0. The summed E-state index contributed by atoms with van der Waals surface area (Å²) in [5, 5.41) is 33.5. The Kier molecular flexibility index (Phi) is 19.3. The molecule has 3 amide bonds. The van der Waals surface area contributed by atoms with Crippen LogP contribution in [0.3, 0.4) is 0 Å². The van der Waals surface area contributed by atoms with Crippen molar-refractivity contribution in [3.8, 4) is 33.8 Å². The normalized spacial score (nSPS) is 13.9. The third-order valence-corrected chi connectivity index (χ3v) is 18.4. The van der Waals surface area contributed by atoms with E-state index in [2.05, 4.69) is 46.2 Å². The van der Waals surface area contributed by atoms with Crippen molar-refractivity contribution in [3.05, 3.63) is 249 Å². The van der Waals surface area contributed by atoms with E-state index in [-0.39, 0.29) is 55.0 Å². The number of carbonyl (C=O) groups is 3. The lowest BCUT2D eigenvalue weighted by Gasteiger charge is -2.27.